The van der Waals surface area contributed by atoms with Crippen molar-refractivity contribution in [3.05, 3.63) is 39.8 Å². The highest BCUT2D eigenvalue weighted by atomic mass is 16.5. The number of aromatic amines is 1. The van der Waals surface area contributed by atoms with Crippen molar-refractivity contribution in [2.45, 2.75) is 52.6 Å². The predicted molar refractivity (Wildman–Crippen MR) is 133 cm³/mol. The minimum absolute atomic E-state index is 0.0297. The Bertz CT molecular complexity index is 1240. The molecule has 2 N–H and O–H groups in total. The zero-order valence-electron chi connectivity index (χ0n) is 20.6. The van der Waals surface area contributed by atoms with Gasteiger partial charge in [-0.05, 0) is 45.4 Å². The molecule has 182 valence electrons. The average molecular weight is 467 g/mol. The molecular weight excluding hydrogens is 432 g/mol. The van der Waals surface area contributed by atoms with Gasteiger partial charge in [0.15, 0.2) is 11.3 Å². The quantitative estimate of drug-likeness (QED) is 0.492. The van der Waals surface area contributed by atoms with Crippen LogP contribution in [0.15, 0.2) is 23.0 Å². The number of aryl methyl sites for hydroxylation is 2. The second-order valence-corrected chi connectivity index (χ2v) is 9.16. The Balaban J connectivity index is 1.73. The van der Waals surface area contributed by atoms with Crippen molar-refractivity contribution >= 4 is 16.8 Å². The molecule has 0 radical (unpaired) electrons. The molecule has 9 nitrogen and oxygen atoms in total. The van der Waals surface area contributed by atoms with E-state index in [1.165, 1.54) is 0 Å². The molecule has 0 amide bonds. The lowest BCUT2D eigenvalue weighted by atomic mass is 10.0. The van der Waals surface area contributed by atoms with E-state index in [-0.39, 0.29) is 11.3 Å². The smallest absolute Gasteiger partial charge is 0.277 e. The van der Waals surface area contributed by atoms with Crippen LogP contribution in [-0.2, 0) is 13.5 Å². The first-order chi connectivity index (χ1) is 16.3. The van der Waals surface area contributed by atoms with Gasteiger partial charge < -0.3 is 15.0 Å². The van der Waals surface area contributed by atoms with Gasteiger partial charge in [-0.3, -0.25) is 19.2 Å². The average Bonchev–Trinajstić information content (AvgIpc) is 3.09. The number of hydrogen-bond donors (Lipinski definition) is 2. The Labute approximate surface area is 199 Å². The van der Waals surface area contributed by atoms with Crippen molar-refractivity contribution in [3.63, 3.8) is 0 Å². The van der Waals surface area contributed by atoms with Crippen LogP contribution in [0.3, 0.4) is 0 Å². The van der Waals surface area contributed by atoms with E-state index in [1.807, 2.05) is 6.92 Å². The van der Waals surface area contributed by atoms with Crippen molar-refractivity contribution in [3.8, 4) is 17.1 Å². The Kier molecular flexibility index (Phi) is 7.13. The number of piperazine rings is 1. The predicted octanol–water partition coefficient (Wildman–Crippen LogP) is 2.54. The van der Waals surface area contributed by atoms with Crippen LogP contribution in [0.5, 0.6) is 5.75 Å². The highest BCUT2D eigenvalue weighted by molar-refractivity contribution is 5.99. The number of ketones is 1. The lowest BCUT2D eigenvalue weighted by molar-refractivity contribution is 0.0888. The van der Waals surface area contributed by atoms with Crippen molar-refractivity contribution in [1.82, 2.24) is 30.0 Å². The van der Waals surface area contributed by atoms with Crippen LogP contribution in [0.2, 0.25) is 0 Å². The second kappa shape index (κ2) is 10.1. The summed E-state index contributed by atoms with van der Waals surface area (Å²) in [7, 11) is 1.75. The van der Waals surface area contributed by atoms with E-state index in [9.17, 15) is 9.59 Å². The summed E-state index contributed by atoms with van der Waals surface area (Å²) in [6, 6.07) is 6.03. The minimum Gasteiger partial charge on any atom is -0.493 e. The first kappa shape index (κ1) is 24.1. The van der Waals surface area contributed by atoms with Crippen LogP contribution in [0, 0.1) is 0 Å². The topological polar surface area (TPSA) is 105 Å². The number of benzene rings is 1. The summed E-state index contributed by atoms with van der Waals surface area (Å²) in [5.41, 5.74) is 2.73. The molecule has 1 aliphatic heterocycles. The lowest BCUT2D eigenvalue weighted by Gasteiger charge is -2.35. The highest BCUT2D eigenvalue weighted by Gasteiger charge is 2.24. The Morgan fingerprint density at radius 1 is 1.21 bits per heavy atom. The number of carbonyl (C=O) groups is 1. The standard InChI is InChI=1S/C25H34N6O3/c1-6-8-19-22-23(30(5)29-19)25(33)28-24(27-22)18-11-17(9-10-21(18)34-7-2)20(32)14-31-12-15(3)26-16(4)13-31/h9-11,15-16,26H,6-8,12-14H2,1-5H3,(H,27,28,33). The molecule has 1 aromatic carbocycles. The van der Waals surface area contributed by atoms with Crippen LogP contribution >= 0.6 is 0 Å². The maximum atomic E-state index is 13.2. The van der Waals surface area contributed by atoms with Gasteiger partial charge in [-0.15, -0.1) is 0 Å². The molecule has 0 bridgehead atoms. The fourth-order valence-corrected chi connectivity index (χ4v) is 4.81. The van der Waals surface area contributed by atoms with Crippen molar-refractivity contribution in [2.24, 2.45) is 7.05 Å². The Hall–Kier alpha value is -3.04. The van der Waals surface area contributed by atoms with E-state index in [2.05, 4.69) is 41.1 Å². The van der Waals surface area contributed by atoms with Crippen LogP contribution in [0.25, 0.3) is 22.4 Å². The number of ether oxygens (including phenoxy) is 1. The number of nitrogens with one attached hydrogen (secondary N) is 2. The largest absolute Gasteiger partial charge is 0.493 e. The van der Waals surface area contributed by atoms with Crippen molar-refractivity contribution in [2.75, 3.05) is 26.2 Å². The molecule has 34 heavy (non-hydrogen) atoms. The third-order valence-electron chi connectivity index (χ3n) is 6.11. The zero-order chi connectivity index (χ0) is 24.4. The fraction of sp³-hybridized carbons (Fsp3) is 0.520. The molecule has 9 heteroatoms. The number of rotatable bonds is 8. The minimum atomic E-state index is -0.264. The summed E-state index contributed by atoms with van der Waals surface area (Å²) < 4.78 is 7.40. The van der Waals surface area contributed by atoms with Gasteiger partial charge in [-0.2, -0.15) is 5.10 Å². The molecular formula is C25H34N6O3. The molecule has 4 rings (SSSR count). The normalized spacial score (nSPS) is 19.0. The summed E-state index contributed by atoms with van der Waals surface area (Å²) in [6.45, 7) is 10.7. The number of hydrogen-bond acceptors (Lipinski definition) is 7. The number of carbonyl (C=O) groups excluding carboxylic acids is 1. The van der Waals surface area contributed by atoms with E-state index < -0.39 is 0 Å². The maximum Gasteiger partial charge on any atom is 0.277 e. The maximum absolute atomic E-state index is 13.2. The van der Waals surface area contributed by atoms with Crippen molar-refractivity contribution in [1.29, 1.82) is 0 Å². The number of Topliss-reactive ketones (excluding diaryl/α,β-unsaturated/α-hetero) is 1. The number of aromatic nitrogens is 4. The van der Waals surface area contributed by atoms with E-state index in [4.69, 9.17) is 9.72 Å². The van der Waals surface area contributed by atoms with Crippen LogP contribution in [0.4, 0.5) is 0 Å². The molecule has 0 aliphatic carbocycles. The van der Waals surface area contributed by atoms with Gasteiger partial charge in [-0.25, -0.2) is 4.98 Å². The molecule has 1 saturated heterocycles. The van der Waals surface area contributed by atoms with E-state index in [0.717, 1.165) is 31.6 Å². The Morgan fingerprint density at radius 3 is 2.62 bits per heavy atom. The molecule has 2 atom stereocenters. The molecule has 2 unspecified atom stereocenters. The lowest BCUT2D eigenvalue weighted by Crippen LogP contribution is -2.55. The third-order valence-corrected chi connectivity index (χ3v) is 6.11. The Morgan fingerprint density at radius 2 is 1.94 bits per heavy atom. The summed E-state index contributed by atoms with van der Waals surface area (Å²) >= 11 is 0. The van der Waals surface area contributed by atoms with Gasteiger partial charge in [0.2, 0.25) is 0 Å². The summed E-state index contributed by atoms with van der Waals surface area (Å²) in [6.07, 6.45) is 1.62. The molecule has 3 aromatic rings. The van der Waals surface area contributed by atoms with Gasteiger partial charge in [-0.1, -0.05) is 13.3 Å². The number of H-pyrrole nitrogens is 1. The van der Waals surface area contributed by atoms with Gasteiger partial charge in [0.1, 0.15) is 17.1 Å². The summed E-state index contributed by atoms with van der Waals surface area (Å²) in [5, 5.41) is 7.99. The van der Waals surface area contributed by atoms with Crippen LogP contribution in [-0.4, -0.2) is 68.8 Å². The van der Waals surface area contributed by atoms with E-state index >= 15 is 0 Å². The number of fused-ring (bicyclic) bond motifs is 1. The SMILES string of the molecule is CCCc1nn(C)c2c(=O)[nH]c(-c3cc(C(=O)CN4CC(C)NC(C)C4)ccc3OCC)nc12. The zero-order valence-corrected chi connectivity index (χ0v) is 20.6. The van der Waals surface area contributed by atoms with E-state index in [0.29, 0.717) is 59.0 Å². The van der Waals surface area contributed by atoms with Gasteiger partial charge >= 0.3 is 0 Å². The summed E-state index contributed by atoms with van der Waals surface area (Å²) in [5.74, 6) is 0.986. The van der Waals surface area contributed by atoms with Crippen LogP contribution < -0.4 is 15.6 Å². The molecule has 1 aliphatic rings. The molecule has 2 aromatic heterocycles. The fourth-order valence-electron chi connectivity index (χ4n) is 4.81. The van der Waals surface area contributed by atoms with Crippen LogP contribution in [0.1, 0.15) is 50.2 Å². The van der Waals surface area contributed by atoms with Crippen molar-refractivity contribution < 1.29 is 9.53 Å². The molecule has 1 fully saturated rings. The highest BCUT2D eigenvalue weighted by Crippen LogP contribution is 2.30. The molecule has 0 saturated carbocycles. The molecule has 3 heterocycles. The first-order valence-electron chi connectivity index (χ1n) is 12.0. The third kappa shape index (κ3) is 4.90. The second-order valence-electron chi connectivity index (χ2n) is 9.16. The van der Waals surface area contributed by atoms with Gasteiger partial charge in [0.25, 0.3) is 5.56 Å². The number of nitrogens with zero attached hydrogens (tertiary/aromatic N) is 4. The van der Waals surface area contributed by atoms with Gasteiger partial charge in [0.05, 0.1) is 24.4 Å². The monoisotopic (exact) mass is 466 g/mol. The summed E-state index contributed by atoms with van der Waals surface area (Å²) in [4.78, 5) is 36.0. The van der Waals surface area contributed by atoms with Gasteiger partial charge in [0, 0.05) is 37.8 Å². The molecule has 0 spiro atoms. The van der Waals surface area contributed by atoms with E-state index in [1.54, 1.807) is 29.9 Å². The first-order valence-corrected chi connectivity index (χ1v) is 12.0.